The van der Waals surface area contributed by atoms with Gasteiger partial charge in [-0.15, -0.1) is 0 Å². The molecule has 5 aromatic rings. The standard InChI is InChI=1S/C32H27N5O3S2/c1-4-40-26-17-11-12-22(18-26)28-23(20-35(33-28)24-13-7-5-8-14-24)19-27-30(38)36(32(41)42-27)29-21(2)34(3)37(31(29)39)25-15-9-6-10-16-25/h5-20H,4H2,1-3H3/b27-19-. The average Bonchev–Trinajstić information content (AvgIpc) is 3.61. The number of hydrogen-bond donors (Lipinski definition) is 0. The van der Waals surface area contributed by atoms with Crippen LogP contribution in [-0.4, -0.2) is 36.0 Å². The molecular weight excluding hydrogens is 567 g/mol. The Bertz CT molecular complexity index is 1910. The highest BCUT2D eigenvalue weighted by molar-refractivity contribution is 8.27. The van der Waals surface area contributed by atoms with Crippen molar-refractivity contribution in [3.05, 3.63) is 118 Å². The molecule has 0 atom stereocenters. The first kappa shape index (κ1) is 27.5. The SMILES string of the molecule is CCOc1cccc(-c2nn(-c3ccccc3)cc2/C=C2\SC(=S)N(c3c(C)n(C)n(-c4ccccc4)c3=O)C2=O)c1. The van der Waals surface area contributed by atoms with Crippen LogP contribution < -0.4 is 15.2 Å². The van der Waals surface area contributed by atoms with Crippen molar-refractivity contribution in [3.8, 4) is 28.4 Å². The van der Waals surface area contributed by atoms with Crippen LogP contribution in [0.15, 0.2) is 101 Å². The van der Waals surface area contributed by atoms with E-state index >= 15 is 0 Å². The minimum absolute atomic E-state index is 0.247. The normalized spacial score (nSPS) is 14.3. The largest absolute Gasteiger partial charge is 0.494 e. The van der Waals surface area contributed by atoms with Crippen molar-refractivity contribution in [1.29, 1.82) is 0 Å². The first-order valence-corrected chi connectivity index (χ1v) is 14.6. The number of anilines is 1. The van der Waals surface area contributed by atoms with Crippen molar-refractivity contribution in [3.63, 3.8) is 0 Å². The molecule has 1 saturated heterocycles. The van der Waals surface area contributed by atoms with Crippen LogP contribution in [0.2, 0.25) is 0 Å². The third-order valence-corrected chi connectivity index (χ3v) is 8.31. The van der Waals surface area contributed by atoms with Gasteiger partial charge in [-0.05, 0) is 56.3 Å². The molecule has 10 heteroatoms. The lowest BCUT2D eigenvalue weighted by Crippen LogP contribution is -2.33. The number of carbonyl (C=O) groups is 1. The van der Waals surface area contributed by atoms with Gasteiger partial charge in [0.05, 0.1) is 28.6 Å². The Morgan fingerprint density at radius 3 is 2.33 bits per heavy atom. The van der Waals surface area contributed by atoms with Gasteiger partial charge in [0.1, 0.15) is 17.1 Å². The van der Waals surface area contributed by atoms with Gasteiger partial charge in [-0.25, -0.2) is 9.36 Å². The summed E-state index contributed by atoms with van der Waals surface area (Å²) in [5.41, 5.74) is 4.42. The first-order chi connectivity index (χ1) is 20.4. The van der Waals surface area contributed by atoms with Crippen molar-refractivity contribution >= 4 is 46.0 Å². The van der Waals surface area contributed by atoms with Crippen molar-refractivity contribution < 1.29 is 9.53 Å². The molecule has 0 unspecified atom stereocenters. The van der Waals surface area contributed by atoms with Gasteiger partial charge >= 0.3 is 0 Å². The molecule has 0 bridgehead atoms. The molecule has 1 amide bonds. The number of rotatable bonds is 7. The zero-order valence-electron chi connectivity index (χ0n) is 23.2. The van der Waals surface area contributed by atoms with Crippen LogP contribution in [0.25, 0.3) is 28.7 Å². The molecule has 6 rings (SSSR count). The van der Waals surface area contributed by atoms with E-state index < -0.39 is 0 Å². The molecule has 8 nitrogen and oxygen atoms in total. The molecule has 0 spiro atoms. The topological polar surface area (TPSA) is 74.3 Å². The van der Waals surface area contributed by atoms with E-state index in [9.17, 15) is 9.59 Å². The highest BCUT2D eigenvalue weighted by Crippen LogP contribution is 2.38. The molecule has 210 valence electrons. The van der Waals surface area contributed by atoms with Gasteiger partial charge in [-0.3, -0.25) is 19.2 Å². The summed E-state index contributed by atoms with van der Waals surface area (Å²) in [7, 11) is 1.79. The highest BCUT2D eigenvalue weighted by atomic mass is 32.2. The minimum Gasteiger partial charge on any atom is -0.494 e. The molecule has 1 aliphatic heterocycles. The monoisotopic (exact) mass is 593 g/mol. The highest BCUT2D eigenvalue weighted by Gasteiger charge is 2.38. The molecule has 3 aromatic carbocycles. The number of ether oxygens (including phenoxy) is 1. The third-order valence-electron chi connectivity index (χ3n) is 7.01. The maximum absolute atomic E-state index is 13.9. The van der Waals surface area contributed by atoms with Gasteiger partial charge in [0.25, 0.3) is 11.5 Å². The summed E-state index contributed by atoms with van der Waals surface area (Å²) in [5.74, 6) is 0.383. The fraction of sp³-hybridized carbons (Fsp3) is 0.125. The maximum atomic E-state index is 13.9. The molecule has 0 saturated carbocycles. The van der Waals surface area contributed by atoms with E-state index in [-0.39, 0.29) is 17.2 Å². The van der Waals surface area contributed by atoms with Crippen LogP contribution in [-0.2, 0) is 11.8 Å². The number of amides is 1. The maximum Gasteiger partial charge on any atom is 0.296 e. The minimum atomic E-state index is -0.350. The number of benzene rings is 3. The zero-order valence-corrected chi connectivity index (χ0v) is 24.9. The zero-order chi connectivity index (χ0) is 29.4. The number of thioether (sulfide) groups is 1. The van der Waals surface area contributed by atoms with Crippen molar-refractivity contribution in [2.45, 2.75) is 13.8 Å². The lowest BCUT2D eigenvalue weighted by atomic mass is 10.1. The van der Waals surface area contributed by atoms with E-state index in [0.29, 0.717) is 32.9 Å². The summed E-state index contributed by atoms with van der Waals surface area (Å²) in [6, 6.07) is 26.8. The molecule has 0 radical (unpaired) electrons. The van der Waals surface area contributed by atoms with Crippen molar-refractivity contribution in [1.82, 2.24) is 19.1 Å². The Hall–Kier alpha value is -4.67. The molecule has 1 aliphatic rings. The Morgan fingerprint density at radius 2 is 1.64 bits per heavy atom. The van der Waals surface area contributed by atoms with Crippen LogP contribution >= 0.6 is 24.0 Å². The van der Waals surface area contributed by atoms with Gasteiger partial charge in [-0.2, -0.15) is 5.10 Å². The average molecular weight is 594 g/mol. The summed E-state index contributed by atoms with van der Waals surface area (Å²) >= 11 is 6.84. The van der Waals surface area contributed by atoms with Gasteiger partial charge < -0.3 is 4.74 Å². The predicted octanol–water partition coefficient (Wildman–Crippen LogP) is 6.14. The molecule has 0 N–H and O–H groups in total. The molecule has 1 fully saturated rings. The van der Waals surface area contributed by atoms with Gasteiger partial charge in [0, 0.05) is 24.4 Å². The van der Waals surface area contributed by atoms with Crippen LogP contribution in [0.4, 0.5) is 5.69 Å². The summed E-state index contributed by atoms with van der Waals surface area (Å²) in [6.45, 7) is 4.29. The molecular formula is C32H27N5O3S2. The summed E-state index contributed by atoms with van der Waals surface area (Å²) < 4.78 is 11.1. The van der Waals surface area contributed by atoms with E-state index in [0.717, 1.165) is 22.6 Å². The predicted molar refractivity (Wildman–Crippen MR) is 172 cm³/mol. The first-order valence-electron chi connectivity index (χ1n) is 13.4. The summed E-state index contributed by atoms with van der Waals surface area (Å²) in [6.07, 6.45) is 3.68. The summed E-state index contributed by atoms with van der Waals surface area (Å²) in [4.78, 5) is 29.3. The quantitative estimate of drug-likeness (QED) is 0.167. The molecule has 3 heterocycles. The molecule has 0 aliphatic carbocycles. The molecule has 42 heavy (non-hydrogen) atoms. The van der Waals surface area contributed by atoms with E-state index in [4.69, 9.17) is 22.1 Å². The number of thiocarbonyl (C=S) groups is 1. The van der Waals surface area contributed by atoms with Gasteiger partial charge in [0.15, 0.2) is 4.32 Å². The van der Waals surface area contributed by atoms with Crippen LogP contribution in [0, 0.1) is 6.92 Å². The lowest BCUT2D eigenvalue weighted by Gasteiger charge is -2.12. The fourth-order valence-electron chi connectivity index (χ4n) is 4.94. The van der Waals surface area contributed by atoms with Gasteiger partial charge in [0.2, 0.25) is 0 Å². The Morgan fingerprint density at radius 1 is 0.952 bits per heavy atom. The number of carbonyl (C=O) groups excluding carboxylic acids is 1. The lowest BCUT2D eigenvalue weighted by molar-refractivity contribution is -0.113. The number of para-hydroxylation sites is 2. The van der Waals surface area contributed by atoms with E-state index in [1.807, 2.05) is 105 Å². The second-order valence-electron chi connectivity index (χ2n) is 9.60. The Balaban J connectivity index is 1.43. The second-order valence-corrected chi connectivity index (χ2v) is 11.3. The van der Waals surface area contributed by atoms with Crippen molar-refractivity contribution in [2.24, 2.45) is 7.05 Å². The molecule has 2 aromatic heterocycles. The van der Waals surface area contributed by atoms with Crippen LogP contribution in [0.1, 0.15) is 18.2 Å². The van der Waals surface area contributed by atoms with Crippen LogP contribution in [0.5, 0.6) is 5.75 Å². The van der Waals surface area contributed by atoms with E-state index in [1.54, 1.807) is 27.2 Å². The van der Waals surface area contributed by atoms with Gasteiger partial charge in [-0.1, -0.05) is 72.5 Å². The summed E-state index contributed by atoms with van der Waals surface area (Å²) in [5, 5.41) is 4.88. The fourth-order valence-corrected chi connectivity index (χ4v) is 6.21. The Labute approximate surface area is 252 Å². The van der Waals surface area contributed by atoms with E-state index in [2.05, 4.69) is 0 Å². The van der Waals surface area contributed by atoms with E-state index in [1.165, 1.54) is 16.7 Å². The van der Waals surface area contributed by atoms with Crippen molar-refractivity contribution in [2.75, 3.05) is 11.5 Å². The third kappa shape index (κ3) is 4.88. The number of nitrogens with zero attached hydrogens (tertiary/aromatic N) is 5. The number of aromatic nitrogens is 4. The van der Waals surface area contributed by atoms with Crippen LogP contribution in [0.3, 0.4) is 0 Å². The second kappa shape index (κ2) is 11.3. The number of hydrogen-bond acceptors (Lipinski definition) is 6. The Kier molecular flexibility index (Phi) is 7.40. The smallest absolute Gasteiger partial charge is 0.296 e.